The Balaban J connectivity index is 1.23. The number of hydrogen-bond acceptors (Lipinski definition) is 4. The van der Waals surface area contributed by atoms with E-state index >= 15 is 0 Å². The van der Waals surface area contributed by atoms with Crippen LogP contribution in [0, 0.1) is 6.92 Å². The van der Waals surface area contributed by atoms with Crippen LogP contribution in [0.4, 0.5) is 0 Å². The molecular formula is C25H30N4O2. The maximum Gasteiger partial charge on any atom is 0.251 e. The first kappa shape index (κ1) is 21.1. The Morgan fingerprint density at radius 3 is 2.61 bits per heavy atom. The van der Waals surface area contributed by atoms with Crippen molar-refractivity contribution in [3.63, 3.8) is 0 Å². The van der Waals surface area contributed by atoms with Crippen LogP contribution in [0.5, 0.6) is 5.75 Å². The van der Waals surface area contributed by atoms with E-state index in [-0.39, 0.29) is 11.9 Å². The highest BCUT2D eigenvalue weighted by Gasteiger charge is 2.21. The number of hydrogen-bond donors (Lipinski definition) is 1. The van der Waals surface area contributed by atoms with Crippen molar-refractivity contribution >= 4 is 5.91 Å². The van der Waals surface area contributed by atoms with Crippen LogP contribution in [-0.4, -0.2) is 39.5 Å². The van der Waals surface area contributed by atoms with Gasteiger partial charge in [0.15, 0.2) is 0 Å². The predicted molar refractivity (Wildman–Crippen MR) is 121 cm³/mol. The summed E-state index contributed by atoms with van der Waals surface area (Å²) in [7, 11) is 1.94. The topological polar surface area (TPSA) is 59.4 Å². The van der Waals surface area contributed by atoms with E-state index in [4.69, 9.17) is 4.74 Å². The van der Waals surface area contributed by atoms with E-state index in [1.54, 1.807) is 6.20 Å². The molecule has 0 spiro atoms. The van der Waals surface area contributed by atoms with Gasteiger partial charge in [0.25, 0.3) is 5.91 Å². The zero-order valence-electron chi connectivity index (χ0n) is 18.3. The molecule has 2 aromatic carbocycles. The van der Waals surface area contributed by atoms with Crippen molar-refractivity contribution < 1.29 is 9.53 Å². The van der Waals surface area contributed by atoms with Gasteiger partial charge in [-0.1, -0.05) is 29.8 Å². The normalized spacial score (nSPS) is 15.0. The lowest BCUT2D eigenvalue weighted by Crippen LogP contribution is -2.44. The molecule has 2 heterocycles. The quantitative estimate of drug-likeness (QED) is 0.636. The van der Waals surface area contributed by atoms with Crippen molar-refractivity contribution in [2.24, 2.45) is 7.05 Å². The van der Waals surface area contributed by atoms with Gasteiger partial charge in [0.2, 0.25) is 0 Å². The molecule has 0 radical (unpaired) electrons. The number of nitrogens with one attached hydrogen (secondary N) is 1. The monoisotopic (exact) mass is 418 g/mol. The van der Waals surface area contributed by atoms with Crippen molar-refractivity contribution in [3.8, 4) is 5.75 Å². The van der Waals surface area contributed by atoms with Crippen LogP contribution < -0.4 is 10.1 Å². The second-order valence-corrected chi connectivity index (χ2v) is 8.28. The Labute approximate surface area is 183 Å². The smallest absolute Gasteiger partial charge is 0.251 e. The molecule has 0 saturated carbocycles. The Hall–Kier alpha value is -3.12. The lowest BCUT2D eigenvalue weighted by Gasteiger charge is -2.32. The van der Waals surface area contributed by atoms with E-state index in [0.717, 1.165) is 44.0 Å². The first-order chi connectivity index (χ1) is 15.1. The molecule has 1 saturated heterocycles. The van der Waals surface area contributed by atoms with Gasteiger partial charge in [0, 0.05) is 50.7 Å². The molecule has 1 aliphatic rings. The number of aromatic nitrogens is 2. The SMILES string of the molecule is Cc1cccc(CN2CCC(NC(=O)c3ccc(OCc4nccn4C)cc3)CC2)c1. The molecule has 1 amide bonds. The average Bonchev–Trinajstić information content (AvgIpc) is 3.19. The van der Waals surface area contributed by atoms with Crippen molar-refractivity contribution in [1.29, 1.82) is 0 Å². The van der Waals surface area contributed by atoms with Crippen LogP contribution in [0.1, 0.15) is 40.2 Å². The van der Waals surface area contributed by atoms with Crippen molar-refractivity contribution in [3.05, 3.63) is 83.4 Å². The fraction of sp³-hybridized carbons (Fsp3) is 0.360. The highest BCUT2D eigenvalue weighted by Crippen LogP contribution is 2.17. The van der Waals surface area contributed by atoms with Gasteiger partial charge in [-0.25, -0.2) is 4.98 Å². The summed E-state index contributed by atoms with van der Waals surface area (Å²) in [5.41, 5.74) is 3.31. The van der Waals surface area contributed by atoms with E-state index in [1.807, 2.05) is 42.1 Å². The number of amides is 1. The molecule has 0 aliphatic carbocycles. The third-order valence-corrected chi connectivity index (χ3v) is 5.82. The van der Waals surface area contributed by atoms with E-state index in [9.17, 15) is 4.79 Å². The number of nitrogens with zero attached hydrogens (tertiary/aromatic N) is 3. The first-order valence-electron chi connectivity index (χ1n) is 10.8. The number of piperidine rings is 1. The molecule has 1 N–H and O–H groups in total. The molecule has 4 rings (SSSR count). The third-order valence-electron chi connectivity index (χ3n) is 5.82. The lowest BCUT2D eigenvalue weighted by atomic mass is 10.0. The summed E-state index contributed by atoms with van der Waals surface area (Å²) in [6.45, 7) is 5.50. The summed E-state index contributed by atoms with van der Waals surface area (Å²) < 4.78 is 7.69. The number of carbonyl (C=O) groups excluding carboxylic acids is 1. The summed E-state index contributed by atoms with van der Waals surface area (Å²) in [6.07, 6.45) is 5.59. The van der Waals surface area contributed by atoms with E-state index in [0.29, 0.717) is 12.2 Å². The minimum atomic E-state index is -0.0206. The highest BCUT2D eigenvalue weighted by atomic mass is 16.5. The van der Waals surface area contributed by atoms with Crippen molar-refractivity contribution in [2.45, 2.75) is 39.0 Å². The molecule has 0 bridgehead atoms. The first-order valence-corrected chi connectivity index (χ1v) is 10.8. The largest absolute Gasteiger partial charge is 0.486 e. The summed E-state index contributed by atoms with van der Waals surface area (Å²) in [5, 5.41) is 3.19. The maximum absolute atomic E-state index is 12.6. The third kappa shape index (κ3) is 5.73. The second-order valence-electron chi connectivity index (χ2n) is 8.28. The zero-order chi connectivity index (χ0) is 21.6. The molecule has 1 aliphatic heterocycles. The fourth-order valence-corrected chi connectivity index (χ4v) is 3.96. The maximum atomic E-state index is 12.6. The molecule has 1 fully saturated rings. The summed E-state index contributed by atoms with van der Waals surface area (Å²) >= 11 is 0. The minimum absolute atomic E-state index is 0.0206. The standard InChI is InChI=1S/C25H30N4O2/c1-19-4-3-5-20(16-19)17-29-13-10-22(11-14-29)27-25(30)21-6-8-23(9-7-21)31-18-24-26-12-15-28(24)2/h3-9,12,15-16,22H,10-11,13-14,17-18H2,1-2H3,(H,27,30). The number of likely N-dealkylation sites (tertiary alicyclic amines) is 1. The number of ether oxygens (including phenoxy) is 1. The Morgan fingerprint density at radius 2 is 1.94 bits per heavy atom. The van der Waals surface area contributed by atoms with E-state index in [2.05, 4.69) is 46.4 Å². The molecule has 31 heavy (non-hydrogen) atoms. The van der Waals surface area contributed by atoms with Gasteiger partial charge < -0.3 is 14.6 Å². The van der Waals surface area contributed by atoms with Gasteiger partial charge in [-0.3, -0.25) is 9.69 Å². The summed E-state index contributed by atoms with van der Waals surface area (Å²) in [6, 6.07) is 16.2. The fourth-order valence-electron chi connectivity index (χ4n) is 3.96. The van der Waals surface area contributed by atoms with Crippen LogP contribution in [0.3, 0.4) is 0 Å². The number of carbonyl (C=O) groups is 1. The highest BCUT2D eigenvalue weighted by molar-refractivity contribution is 5.94. The van der Waals surface area contributed by atoms with Gasteiger partial charge in [-0.2, -0.15) is 0 Å². The van der Waals surface area contributed by atoms with Gasteiger partial charge in [-0.15, -0.1) is 0 Å². The van der Waals surface area contributed by atoms with Crippen LogP contribution in [0.2, 0.25) is 0 Å². The second kappa shape index (κ2) is 9.79. The van der Waals surface area contributed by atoms with Gasteiger partial charge >= 0.3 is 0 Å². The molecule has 162 valence electrons. The Morgan fingerprint density at radius 1 is 1.16 bits per heavy atom. The van der Waals surface area contributed by atoms with Crippen molar-refractivity contribution in [1.82, 2.24) is 19.8 Å². The Kier molecular flexibility index (Phi) is 6.67. The molecule has 1 aromatic heterocycles. The van der Waals surface area contributed by atoms with Gasteiger partial charge in [0.05, 0.1) is 0 Å². The number of aryl methyl sites for hydroxylation is 2. The van der Waals surface area contributed by atoms with Crippen LogP contribution >= 0.6 is 0 Å². The molecule has 3 aromatic rings. The van der Waals surface area contributed by atoms with Crippen LogP contribution in [0.25, 0.3) is 0 Å². The van der Waals surface area contributed by atoms with Gasteiger partial charge in [0.1, 0.15) is 18.2 Å². The van der Waals surface area contributed by atoms with Crippen LogP contribution in [0.15, 0.2) is 60.9 Å². The molecule has 0 atom stereocenters. The Bertz CT molecular complexity index is 1000. The summed E-state index contributed by atoms with van der Waals surface area (Å²) in [5.74, 6) is 1.56. The van der Waals surface area contributed by atoms with Crippen LogP contribution in [-0.2, 0) is 20.2 Å². The average molecular weight is 419 g/mol. The van der Waals surface area contributed by atoms with Crippen molar-refractivity contribution in [2.75, 3.05) is 13.1 Å². The zero-order valence-corrected chi connectivity index (χ0v) is 18.3. The number of imidazole rings is 1. The van der Waals surface area contributed by atoms with E-state index < -0.39 is 0 Å². The van der Waals surface area contributed by atoms with E-state index in [1.165, 1.54) is 11.1 Å². The molecule has 6 nitrogen and oxygen atoms in total. The predicted octanol–water partition coefficient (Wildman–Crippen LogP) is 3.70. The molecule has 0 unspecified atom stereocenters. The minimum Gasteiger partial charge on any atom is -0.486 e. The molecule has 6 heteroatoms. The number of rotatable bonds is 7. The molecular weight excluding hydrogens is 388 g/mol. The number of benzene rings is 2. The van der Waals surface area contributed by atoms with Gasteiger partial charge in [-0.05, 0) is 49.6 Å². The lowest BCUT2D eigenvalue weighted by molar-refractivity contribution is 0.0909. The summed E-state index contributed by atoms with van der Waals surface area (Å²) in [4.78, 5) is 19.4.